The SMILES string of the molecule is C[C@H]1C2(CN)CC1(N(C)C(=O)OC(C)(C)C)C2. The van der Waals surface area contributed by atoms with Gasteiger partial charge in [0, 0.05) is 7.05 Å². The molecule has 3 saturated carbocycles. The van der Waals surface area contributed by atoms with Gasteiger partial charge in [-0.3, -0.25) is 0 Å². The highest BCUT2D eigenvalue weighted by Crippen LogP contribution is 2.72. The van der Waals surface area contributed by atoms with E-state index in [4.69, 9.17) is 10.5 Å². The molecular formula is C13H24N2O2. The zero-order chi connectivity index (χ0) is 13.1. The van der Waals surface area contributed by atoms with Crippen LogP contribution in [-0.2, 0) is 4.74 Å². The Bertz CT molecular complexity index is 340. The van der Waals surface area contributed by atoms with Crippen LogP contribution in [0.15, 0.2) is 0 Å². The summed E-state index contributed by atoms with van der Waals surface area (Å²) < 4.78 is 5.42. The van der Waals surface area contributed by atoms with E-state index in [1.54, 1.807) is 4.90 Å². The van der Waals surface area contributed by atoms with E-state index in [0.29, 0.717) is 11.3 Å². The monoisotopic (exact) mass is 240 g/mol. The lowest BCUT2D eigenvalue weighted by Crippen LogP contribution is -2.82. The molecular weight excluding hydrogens is 216 g/mol. The number of rotatable bonds is 2. The molecule has 0 unspecified atom stereocenters. The number of hydrogen-bond donors (Lipinski definition) is 1. The van der Waals surface area contributed by atoms with E-state index in [9.17, 15) is 4.79 Å². The van der Waals surface area contributed by atoms with Crippen LogP contribution in [0, 0.1) is 11.3 Å². The standard InChI is InChI=1S/C13H24N2O2/c1-9-12(8-14)6-13(9,7-12)15(5)10(16)17-11(2,3)4/h9H,6-8,14H2,1-5H3/t9-,12?,13?/m0/s1. The lowest BCUT2D eigenvalue weighted by molar-refractivity contribution is -0.257. The minimum absolute atomic E-state index is 0.0156. The molecule has 4 nitrogen and oxygen atoms in total. The summed E-state index contributed by atoms with van der Waals surface area (Å²) in [5.41, 5.74) is 5.69. The molecule has 4 heteroatoms. The number of ether oxygens (including phenoxy) is 1. The molecule has 98 valence electrons. The average molecular weight is 240 g/mol. The number of carbonyl (C=O) groups is 1. The van der Waals surface area contributed by atoms with Crippen molar-refractivity contribution in [1.82, 2.24) is 4.90 Å². The molecule has 0 aromatic rings. The van der Waals surface area contributed by atoms with Crippen LogP contribution in [0.3, 0.4) is 0 Å². The maximum atomic E-state index is 12.0. The summed E-state index contributed by atoms with van der Waals surface area (Å²) in [7, 11) is 1.85. The molecule has 0 aromatic carbocycles. The van der Waals surface area contributed by atoms with Crippen molar-refractivity contribution in [1.29, 1.82) is 0 Å². The Hall–Kier alpha value is -0.770. The van der Waals surface area contributed by atoms with Crippen molar-refractivity contribution >= 4 is 6.09 Å². The molecule has 1 atom stereocenters. The Labute approximate surface area is 103 Å². The first-order valence-electron chi connectivity index (χ1n) is 6.34. The Balaban J connectivity index is 2.00. The first-order valence-corrected chi connectivity index (χ1v) is 6.34. The van der Waals surface area contributed by atoms with Crippen molar-refractivity contribution in [3.05, 3.63) is 0 Å². The molecule has 0 aliphatic heterocycles. The largest absolute Gasteiger partial charge is 0.444 e. The van der Waals surface area contributed by atoms with Crippen molar-refractivity contribution in [3.63, 3.8) is 0 Å². The maximum Gasteiger partial charge on any atom is 0.410 e. The minimum atomic E-state index is -0.427. The van der Waals surface area contributed by atoms with Gasteiger partial charge in [-0.15, -0.1) is 0 Å². The molecule has 0 heterocycles. The maximum absolute atomic E-state index is 12.0. The zero-order valence-corrected chi connectivity index (χ0v) is 11.5. The van der Waals surface area contributed by atoms with E-state index in [2.05, 4.69) is 6.92 Å². The summed E-state index contributed by atoms with van der Waals surface area (Å²) in [5, 5.41) is 0. The van der Waals surface area contributed by atoms with Gasteiger partial charge in [0.15, 0.2) is 0 Å². The van der Waals surface area contributed by atoms with Gasteiger partial charge in [0.25, 0.3) is 0 Å². The fraction of sp³-hybridized carbons (Fsp3) is 0.923. The molecule has 0 aromatic heterocycles. The van der Waals surface area contributed by atoms with E-state index in [0.717, 1.165) is 19.4 Å². The predicted octanol–water partition coefficient (Wildman–Crippen LogP) is 1.98. The fourth-order valence-corrected chi connectivity index (χ4v) is 3.45. The number of nitrogens with two attached hydrogens (primary N) is 1. The summed E-state index contributed by atoms with van der Waals surface area (Å²) >= 11 is 0. The topological polar surface area (TPSA) is 55.6 Å². The third kappa shape index (κ3) is 1.57. The van der Waals surface area contributed by atoms with Gasteiger partial charge in [-0.05, 0) is 51.5 Å². The highest BCUT2D eigenvalue weighted by Gasteiger charge is 2.75. The van der Waals surface area contributed by atoms with Crippen LogP contribution < -0.4 is 5.73 Å². The van der Waals surface area contributed by atoms with Gasteiger partial charge in [0.1, 0.15) is 5.60 Å². The number of amides is 1. The van der Waals surface area contributed by atoms with Crippen molar-refractivity contribution in [2.75, 3.05) is 13.6 Å². The highest BCUT2D eigenvalue weighted by molar-refractivity contribution is 5.70. The molecule has 0 saturated heterocycles. The van der Waals surface area contributed by atoms with Crippen LogP contribution in [0.5, 0.6) is 0 Å². The highest BCUT2D eigenvalue weighted by atomic mass is 16.6. The second kappa shape index (κ2) is 3.37. The third-order valence-electron chi connectivity index (χ3n) is 4.78. The van der Waals surface area contributed by atoms with Crippen LogP contribution in [0.2, 0.25) is 0 Å². The summed E-state index contributed by atoms with van der Waals surface area (Å²) in [6.07, 6.45) is 1.86. The van der Waals surface area contributed by atoms with Crippen LogP contribution >= 0.6 is 0 Å². The van der Waals surface area contributed by atoms with Gasteiger partial charge in [-0.1, -0.05) is 6.92 Å². The van der Waals surface area contributed by atoms with Gasteiger partial charge in [0.2, 0.25) is 0 Å². The normalized spacial score (nSPS) is 39.1. The molecule has 0 spiro atoms. The lowest BCUT2D eigenvalue weighted by Gasteiger charge is -2.77. The smallest absolute Gasteiger partial charge is 0.410 e. The van der Waals surface area contributed by atoms with E-state index >= 15 is 0 Å². The predicted molar refractivity (Wildman–Crippen MR) is 66.6 cm³/mol. The Kier molecular flexibility index (Phi) is 2.52. The second-order valence-corrected chi connectivity index (χ2v) is 6.78. The van der Waals surface area contributed by atoms with Crippen LogP contribution in [0.4, 0.5) is 4.79 Å². The first-order chi connectivity index (χ1) is 7.67. The van der Waals surface area contributed by atoms with E-state index in [1.807, 2.05) is 27.8 Å². The van der Waals surface area contributed by atoms with Crippen molar-refractivity contribution < 1.29 is 9.53 Å². The summed E-state index contributed by atoms with van der Waals surface area (Å²) in [5.74, 6) is 0.498. The van der Waals surface area contributed by atoms with Gasteiger partial charge in [0.05, 0.1) is 5.54 Å². The van der Waals surface area contributed by atoms with Gasteiger partial charge < -0.3 is 15.4 Å². The molecule has 0 radical (unpaired) electrons. The third-order valence-corrected chi connectivity index (χ3v) is 4.78. The summed E-state index contributed by atoms with van der Waals surface area (Å²) in [6.45, 7) is 8.61. The van der Waals surface area contributed by atoms with Crippen molar-refractivity contribution in [3.8, 4) is 0 Å². The number of carbonyl (C=O) groups excluding carboxylic acids is 1. The minimum Gasteiger partial charge on any atom is -0.444 e. The van der Waals surface area contributed by atoms with E-state index < -0.39 is 5.60 Å². The van der Waals surface area contributed by atoms with Crippen LogP contribution in [0.25, 0.3) is 0 Å². The molecule has 2 bridgehead atoms. The molecule has 3 fully saturated rings. The second-order valence-electron chi connectivity index (χ2n) is 6.78. The Morgan fingerprint density at radius 2 is 2.00 bits per heavy atom. The molecule has 3 rings (SSSR count). The average Bonchev–Trinajstić information content (AvgIpc) is 2.13. The van der Waals surface area contributed by atoms with Gasteiger partial charge >= 0.3 is 6.09 Å². The Morgan fingerprint density at radius 1 is 1.47 bits per heavy atom. The molecule has 1 amide bonds. The lowest BCUT2D eigenvalue weighted by atomic mass is 9.33. The van der Waals surface area contributed by atoms with E-state index in [1.165, 1.54) is 0 Å². The molecule has 3 aliphatic rings. The Morgan fingerprint density at radius 3 is 2.35 bits per heavy atom. The number of hydrogen-bond acceptors (Lipinski definition) is 3. The van der Waals surface area contributed by atoms with Gasteiger partial charge in [-0.2, -0.15) is 0 Å². The van der Waals surface area contributed by atoms with Crippen molar-refractivity contribution in [2.24, 2.45) is 17.1 Å². The molecule has 2 N–H and O–H groups in total. The molecule has 17 heavy (non-hydrogen) atoms. The van der Waals surface area contributed by atoms with Crippen molar-refractivity contribution in [2.45, 2.75) is 51.7 Å². The molecule has 3 aliphatic carbocycles. The van der Waals surface area contributed by atoms with E-state index in [-0.39, 0.29) is 11.6 Å². The number of nitrogens with zero attached hydrogens (tertiary/aromatic N) is 1. The van der Waals surface area contributed by atoms with Gasteiger partial charge in [-0.25, -0.2) is 4.79 Å². The fourth-order valence-electron chi connectivity index (χ4n) is 3.45. The van der Waals surface area contributed by atoms with Crippen LogP contribution in [0.1, 0.15) is 40.5 Å². The summed E-state index contributed by atoms with van der Waals surface area (Å²) in [6, 6.07) is 0. The van der Waals surface area contributed by atoms with Crippen LogP contribution in [-0.4, -0.2) is 35.7 Å². The summed E-state index contributed by atoms with van der Waals surface area (Å²) in [4.78, 5) is 13.8. The zero-order valence-electron chi connectivity index (χ0n) is 11.5. The quantitative estimate of drug-likeness (QED) is 0.803. The first kappa shape index (κ1) is 12.7.